The second-order valence-corrected chi connectivity index (χ2v) is 8.07. The minimum Gasteiger partial charge on any atom is -0.550 e. The molecule has 0 saturated carbocycles. The van der Waals surface area contributed by atoms with Gasteiger partial charge in [-0.05, 0) is 42.7 Å². The minimum atomic E-state index is -3.99. The van der Waals surface area contributed by atoms with Crippen molar-refractivity contribution in [2.75, 3.05) is 6.54 Å². The van der Waals surface area contributed by atoms with Gasteiger partial charge in [-0.3, -0.25) is 10.1 Å². The first-order valence-electron chi connectivity index (χ1n) is 7.89. The number of carbonyl (C=O) groups excluding carboxylic acids is 1. The molecule has 2 rings (SSSR count). The first kappa shape index (κ1) is 20.8. The van der Waals surface area contributed by atoms with Crippen LogP contribution < -0.4 is 5.11 Å². The number of hydrogen-bond acceptors (Lipinski definition) is 6. The molecule has 27 heavy (non-hydrogen) atoms. The van der Waals surface area contributed by atoms with Gasteiger partial charge >= 0.3 is 0 Å². The third-order valence-corrected chi connectivity index (χ3v) is 5.86. The Kier molecular flexibility index (Phi) is 6.89. The number of non-ortho nitro benzene ring substituents is 1. The van der Waals surface area contributed by atoms with Gasteiger partial charge in [-0.25, -0.2) is 8.42 Å². The van der Waals surface area contributed by atoms with Crippen molar-refractivity contribution in [2.45, 2.75) is 24.3 Å². The molecule has 10 heteroatoms. The van der Waals surface area contributed by atoms with Gasteiger partial charge in [0, 0.05) is 36.2 Å². The van der Waals surface area contributed by atoms with E-state index in [1.165, 1.54) is 0 Å². The topological polar surface area (TPSA) is 121 Å². The molecule has 0 fully saturated rings. The molecule has 0 amide bonds. The molecule has 0 bridgehead atoms. The maximum Gasteiger partial charge on any atom is 0.269 e. The van der Waals surface area contributed by atoms with E-state index in [9.17, 15) is 28.4 Å². The molecule has 0 N–H and O–H groups in total. The van der Waals surface area contributed by atoms with E-state index in [4.69, 9.17) is 11.6 Å². The van der Waals surface area contributed by atoms with Crippen LogP contribution in [0.15, 0.2) is 53.4 Å². The van der Waals surface area contributed by atoms with Crippen LogP contribution in [0.3, 0.4) is 0 Å². The number of benzene rings is 2. The van der Waals surface area contributed by atoms with E-state index in [0.29, 0.717) is 10.6 Å². The van der Waals surface area contributed by atoms with E-state index in [1.54, 1.807) is 24.3 Å². The largest absolute Gasteiger partial charge is 0.550 e. The Hall–Kier alpha value is -2.49. The van der Waals surface area contributed by atoms with E-state index < -0.39 is 20.9 Å². The molecular formula is C17H16ClN2O6S-. The van der Waals surface area contributed by atoms with E-state index in [2.05, 4.69) is 0 Å². The number of carboxylic acids is 1. The van der Waals surface area contributed by atoms with Crippen LogP contribution in [-0.4, -0.2) is 30.2 Å². The van der Waals surface area contributed by atoms with Crippen LogP contribution in [0.4, 0.5) is 5.69 Å². The Balaban J connectivity index is 2.29. The number of nitro benzene ring substituents is 1. The van der Waals surface area contributed by atoms with Gasteiger partial charge in [0.15, 0.2) is 0 Å². The van der Waals surface area contributed by atoms with Gasteiger partial charge in [-0.1, -0.05) is 23.7 Å². The standard InChI is InChI=1S/C17H17ClN2O6S/c18-14-5-3-13(4-6-14)12-19(11-1-2-17(21)22)27(25,26)16-9-7-15(8-10-16)20(23)24/h3-10H,1-2,11-12H2,(H,21,22)/p-1. The summed E-state index contributed by atoms with van der Waals surface area (Å²) in [4.78, 5) is 20.6. The fourth-order valence-corrected chi connectivity index (χ4v) is 3.96. The van der Waals surface area contributed by atoms with Gasteiger partial charge in [-0.2, -0.15) is 4.31 Å². The average molecular weight is 412 g/mol. The summed E-state index contributed by atoms with van der Waals surface area (Å²) in [6, 6.07) is 11.1. The van der Waals surface area contributed by atoms with E-state index in [-0.39, 0.29) is 36.5 Å². The Morgan fingerprint density at radius 2 is 1.67 bits per heavy atom. The lowest BCUT2D eigenvalue weighted by atomic mass is 10.2. The van der Waals surface area contributed by atoms with Crippen LogP contribution in [-0.2, 0) is 21.4 Å². The highest BCUT2D eigenvalue weighted by Crippen LogP contribution is 2.22. The van der Waals surface area contributed by atoms with Crippen molar-refractivity contribution < 1.29 is 23.2 Å². The zero-order valence-electron chi connectivity index (χ0n) is 14.1. The van der Waals surface area contributed by atoms with Gasteiger partial charge in [0.1, 0.15) is 0 Å². The lowest BCUT2D eigenvalue weighted by Gasteiger charge is -2.22. The molecule has 0 unspecified atom stereocenters. The van der Waals surface area contributed by atoms with Crippen LogP contribution in [0.25, 0.3) is 0 Å². The molecule has 2 aromatic carbocycles. The van der Waals surface area contributed by atoms with Crippen molar-refractivity contribution in [3.8, 4) is 0 Å². The highest BCUT2D eigenvalue weighted by molar-refractivity contribution is 7.89. The maximum atomic E-state index is 12.9. The molecule has 0 aliphatic rings. The van der Waals surface area contributed by atoms with Crippen LogP contribution >= 0.6 is 11.6 Å². The number of carbonyl (C=O) groups is 1. The number of hydrogen-bond donors (Lipinski definition) is 0. The van der Waals surface area contributed by atoms with Crippen molar-refractivity contribution >= 4 is 33.3 Å². The number of halogens is 1. The second kappa shape index (κ2) is 8.94. The number of sulfonamides is 1. The SMILES string of the molecule is O=C([O-])CCCN(Cc1ccc(Cl)cc1)S(=O)(=O)c1ccc([N+](=O)[O-])cc1. The molecule has 0 spiro atoms. The van der Waals surface area contributed by atoms with Gasteiger partial charge in [-0.15, -0.1) is 0 Å². The molecule has 0 aromatic heterocycles. The van der Waals surface area contributed by atoms with Crippen molar-refractivity contribution in [1.29, 1.82) is 0 Å². The number of carboxylic acid groups (broad SMARTS) is 1. The summed E-state index contributed by atoms with van der Waals surface area (Å²) < 4.78 is 27.0. The van der Waals surface area contributed by atoms with Crippen molar-refractivity contribution in [2.24, 2.45) is 0 Å². The summed E-state index contributed by atoms with van der Waals surface area (Å²) in [7, 11) is -3.99. The number of nitro groups is 1. The monoisotopic (exact) mass is 411 g/mol. The molecule has 0 aliphatic carbocycles. The number of nitrogens with zero attached hydrogens (tertiary/aromatic N) is 2. The van der Waals surface area contributed by atoms with Gasteiger partial charge in [0.2, 0.25) is 10.0 Å². The third-order valence-electron chi connectivity index (χ3n) is 3.75. The highest BCUT2D eigenvalue weighted by Gasteiger charge is 2.25. The summed E-state index contributed by atoms with van der Waals surface area (Å²) in [5.41, 5.74) is 0.438. The van der Waals surface area contributed by atoms with E-state index >= 15 is 0 Å². The molecule has 0 saturated heterocycles. The van der Waals surface area contributed by atoms with Gasteiger partial charge in [0.05, 0.1) is 9.82 Å². The molecule has 144 valence electrons. The highest BCUT2D eigenvalue weighted by atomic mass is 35.5. The third kappa shape index (κ3) is 5.75. The van der Waals surface area contributed by atoms with Crippen molar-refractivity contribution in [3.63, 3.8) is 0 Å². The van der Waals surface area contributed by atoms with Gasteiger partial charge < -0.3 is 9.90 Å². The fraction of sp³-hybridized carbons (Fsp3) is 0.235. The normalized spacial score (nSPS) is 11.5. The number of rotatable bonds is 9. The Morgan fingerprint density at radius 1 is 1.07 bits per heavy atom. The Bertz CT molecular complexity index is 913. The smallest absolute Gasteiger partial charge is 0.269 e. The average Bonchev–Trinajstić information content (AvgIpc) is 2.62. The van der Waals surface area contributed by atoms with Crippen LogP contribution in [0.2, 0.25) is 5.02 Å². The summed E-state index contributed by atoms with van der Waals surface area (Å²) in [6.45, 7) is -0.0422. The van der Waals surface area contributed by atoms with Crippen LogP contribution in [0.1, 0.15) is 18.4 Å². The van der Waals surface area contributed by atoms with Crippen molar-refractivity contribution in [3.05, 3.63) is 69.2 Å². The predicted molar refractivity (Wildman–Crippen MR) is 96.4 cm³/mol. The summed E-state index contributed by atoms with van der Waals surface area (Å²) in [5.74, 6) is -1.27. The molecule has 0 heterocycles. The molecular weight excluding hydrogens is 396 g/mol. The lowest BCUT2D eigenvalue weighted by Crippen LogP contribution is -2.33. The quantitative estimate of drug-likeness (QED) is 0.459. The summed E-state index contributed by atoms with van der Waals surface area (Å²) in [5, 5.41) is 21.9. The molecule has 2 aromatic rings. The van der Waals surface area contributed by atoms with E-state index in [1.807, 2.05) is 0 Å². The fourth-order valence-electron chi connectivity index (χ4n) is 2.37. The maximum absolute atomic E-state index is 12.9. The lowest BCUT2D eigenvalue weighted by molar-refractivity contribution is -0.384. The predicted octanol–water partition coefficient (Wildman–Crippen LogP) is 1.97. The summed E-state index contributed by atoms with van der Waals surface area (Å²) >= 11 is 5.83. The summed E-state index contributed by atoms with van der Waals surface area (Å²) in [6.07, 6.45) is -0.213. The zero-order chi connectivity index (χ0) is 20.0. The van der Waals surface area contributed by atoms with Gasteiger partial charge in [0.25, 0.3) is 5.69 Å². The van der Waals surface area contributed by atoms with Crippen molar-refractivity contribution in [1.82, 2.24) is 4.31 Å². The first-order chi connectivity index (χ1) is 12.7. The molecule has 0 atom stereocenters. The second-order valence-electron chi connectivity index (χ2n) is 5.69. The number of aliphatic carboxylic acids is 1. The molecule has 8 nitrogen and oxygen atoms in total. The van der Waals surface area contributed by atoms with Crippen LogP contribution in [0, 0.1) is 10.1 Å². The zero-order valence-corrected chi connectivity index (χ0v) is 15.6. The Labute approximate surface area is 161 Å². The van der Waals surface area contributed by atoms with E-state index in [0.717, 1.165) is 28.6 Å². The minimum absolute atomic E-state index is 0.00351. The molecule has 0 radical (unpaired) electrons. The first-order valence-corrected chi connectivity index (χ1v) is 9.71. The van der Waals surface area contributed by atoms with Crippen LogP contribution in [0.5, 0.6) is 0 Å². The Morgan fingerprint density at radius 3 is 2.19 bits per heavy atom. The molecule has 0 aliphatic heterocycles.